The highest BCUT2D eigenvalue weighted by Crippen LogP contribution is 2.30. The lowest BCUT2D eigenvalue weighted by molar-refractivity contribution is 0.440. The summed E-state index contributed by atoms with van der Waals surface area (Å²) in [5, 5.41) is 0.800. The second-order valence-electron chi connectivity index (χ2n) is 6.90. The second kappa shape index (κ2) is 9.14. The first-order valence-electron chi connectivity index (χ1n) is 9.63. The van der Waals surface area contributed by atoms with Crippen LogP contribution in [-0.2, 0) is 16.6 Å². The number of hydrogen-bond acceptors (Lipinski definition) is 8. The molecule has 0 aliphatic heterocycles. The van der Waals surface area contributed by atoms with E-state index in [1.54, 1.807) is 49.6 Å². The Hall–Kier alpha value is -3.54. The first-order chi connectivity index (χ1) is 15.8. The summed E-state index contributed by atoms with van der Waals surface area (Å²) in [5.74, 6) is 0.374. The zero-order chi connectivity index (χ0) is 23.6. The van der Waals surface area contributed by atoms with Crippen molar-refractivity contribution in [3.8, 4) is 11.8 Å². The summed E-state index contributed by atoms with van der Waals surface area (Å²) in [7, 11) is -2.55. The van der Waals surface area contributed by atoms with Gasteiger partial charge in [-0.1, -0.05) is 11.6 Å². The number of nitrogens with zero attached hydrogens (tertiary/aromatic N) is 3. The second-order valence-corrected chi connectivity index (χ2v) is 8.90. The number of rotatable bonds is 7. The Labute approximate surface area is 193 Å². The predicted molar refractivity (Wildman–Crippen MR) is 123 cm³/mol. The highest BCUT2D eigenvalue weighted by atomic mass is 35.5. The summed E-state index contributed by atoms with van der Waals surface area (Å²) < 4.78 is 39.1. The first kappa shape index (κ1) is 22.6. The van der Waals surface area contributed by atoms with Crippen LogP contribution in [0, 0.1) is 6.92 Å². The average molecular weight is 488 g/mol. The van der Waals surface area contributed by atoms with Gasteiger partial charge >= 0.3 is 11.6 Å². The highest BCUT2D eigenvalue weighted by Gasteiger charge is 2.18. The minimum Gasteiger partial charge on any atom is -0.424 e. The Balaban J connectivity index is 1.68. The third-order valence-corrected chi connectivity index (χ3v) is 6.27. The first-order valence-corrected chi connectivity index (χ1v) is 11.5. The Morgan fingerprint density at radius 2 is 1.88 bits per heavy atom. The summed E-state index contributed by atoms with van der Waals surface area (Å²) in [6.45, 7) is 1.80. The molecule has 0 aliphatic rings. The number of aryl methyl sites for hydroxylation is 1. The molecule has 0 bridgehead atoms. The quantitative estimate of drug-likeness (QED) is 0.379. The van der Waals surface area contributed by atoms with Gasteiger partial charge in [0, 0.05) is 49.1 Å². The van der Waals surface area contributed by atoms with Crippen LogP contribution in [0.15, 0.2) is 58.1 Å². The largest absolute Gasteiger partial charge is 0.424 e. The van der Waals surface area contributed by atoms with E-state index in [2.05, 4.69) is 24.4 Å². The van der Waals surface area contributed by atoms with Crippen molar-refractivity contribution >= 4 is 38.6 Å². The number of benzene rings is 1. The summed E-state index contributed by atoms with van der Waals surface area (Å²) in [6, 6.07) is 8.54. The molecule has 0 saturated heterocycles. The van der Waals surface area contributed by atoms with E-state index in [9.17, 15) is 13.2 Å². The van der Waals surface area contributed by atoms with Gasteiger partial charge in [0.25, 0.3) is 10.2 Å². The number of nitrogens with one attached hydrogen (secondary N) is 2. The molecule has 33 heavy (non-hydrogen) atoms. The third kappa shape index (κ3) is 4.95. The minimum absolute atomic E-state index is 0.0451. The van der Waals surface area contributed by atoms with Gasteiger partial charge < -0.3 is 9.15 Å². The molecule has 0 saturated carbocycles. The van der Waals surface area contributed by atoms with Gasteiger partial charge in [-0.2, -0.15) is 8.42 Å². The molecular weight excluding hydrogens is 470 g/mol. The fourth-order valence-corrected chi connectivity index (χ4v) is 3.94. The number of pyridine rings is 1. The molecule has 0 fully saturated rings. The molecule has 0 aliphatic carbocycles. The van der Waals surface area contributed by atoms with Crippen molar-refractivity contribution in [2.24, 2.45) is 0 Å². The molecule has 2 N–H and O–H groups in total. The van der Waals surface area contributed by atoms with Gasteiger partial charge in [0.1, 0.15) is 11.3 Å². The monoisotopic (exact) mass is 487 g/mol. The lowest BCUT2D eigenvalue weighted by Crippen LogP contribution is -2.27. The van der Waals surface area contributed by atoms with Crippen LogP contribution in [0.25, 0.3) is 11.0 Å². The zero-order valence-corrected chi connectivity index (χ0v) is 19.1. The van der Waals surface area contributed by atoms with Crippen LogP contribution in [0.3, 0.4) is 0 Å². The number of fused-ring (bicyclic) bond motifs is 1. The maximum absolute atomic E-state index is 12.8. The van der Waals surface area contributed by atoms with E-state index in [4.69, 9.17) is 20.8 Å². The van der Waals surface area contributed by atoms with Crippen molar-refractivity contribution in [1.29, 1.82) is 0 Å². The molecule has 1 aromatic carbocycles. The molecule has 0 atom stereocenters. The molecular formula is C21H18ClN5O5S. The molecule has 170 valence electrons. The van der Waals surface area contributed by atoms with Gasteiger partial charge in [-0.3, -0.25) is 4.72 Å². The van der Waals surface area contributed by atoms with Gasteiger partial charge in [0.05, 0.1) is 5.02 Å². The number of ether oxygens (including phenoxy) is 1. The van der Waals surface area contributed by atoms with Gasteiger partial charge in [-0.15, -0.1) is 0 Å². The van der Waals surface area contributed by atoms with Crippen LogP contribution < -0.4 is 19.8 Å². The Bertz CT molecular complexity index is 1490. The summed E-state index contributed by atoms with van der Waals surface area (Å²) in [6.07, 6.45) is 4.64. The van der Waals surface area contributed by atoms with E-state index in [0.29, 0.717) is 33.4 Å². The normalized spacial score (nSPS) is 11.5. The molecule has 3 aromatic heterocycles. The number of halogens is 1. The molecule has 4 aromatic rings. The molecule has 0 amide bonds. The summed E-state index contributed by atoms with van der Waals surface area (Å²) >= 11 is 6.36. The molecule has 0 radical (unpaired) electrons. The van der Waals surface area contributed by atoms with E-state index in [1.165, 1.54) is 13.2 Å². The smallest absolute Gasteiger partial charge is 0.340 e. The van der Waals surface area contributed by atoms with Crippen LogP contribution in [0.1, 0.15) is 16.7 Å². The fourth-order valence-electron chi connectivity index (χ4n) is 3.15. The standard InChI is InChI=1S/C21H18ClN5O5S/c1-12-15-5-4-14(31-21-25-7-3-8-26-21)11-17(15)32-20(28)16(12)10-13-6-9-24-19(18(13)22)27-33(29,30)23-2/h3-9,11,23H,10H2,1-2H3,(H,24,27). The van der Waals surface area contributed by atoms with Crippen molar-refractivity contribution in [2.45, 2.75) is 13.3 Å². The third-order valence-electron chi connectivity index (χ3n) is 4.85. The number of hydrogen-bond donors (Lipinski definition) is 2. The average Bonchev–Trinajstić information content (AvgIpc) is 2.79. The summed E-state index contributed by atoms with van der Waals surface area (Å²) in [4.78, 5) is 24.8. The molecule has 0 unspecified atom stereocenters. The molecule has 3 heterocycles. The van der Waals surface area contributed by atoms with Gasteiger partial charge in [0.2, 0.25) is 0 Å². The lowest BCUT2D eigenvalue weighted by atomic mass is 10.00. The van der Waals surface area contributed by atoms with Crippen LogP contribution in [-0.4, -0.2) is 30.4 Å². The van der Waals surface area contributed by atoms with Crippen molar-refractivity contribution in [1.82, 2.24) is 19.7 Å². The predicted octanol–water partition coefficient (Wildman–Crippen LogP) is 3.20. The van der Waals surface area contributed by atoms with Crippen molar-refractivity contribution in [3.63, 3.8) is 0 Å². The minimum atomic E-state index is -3.80. The van der Waals surface area contributed by atoms with E-state index in [1.807, 2.05) is 0 Å². The van der Waals surface area contributed by atoms with Crippen molar-refractivity contribution in [2.75, 3.05) is 11.8 Å². The fraction of sp³-hybridized carbons (Fsp3) is 0.143. The van der Waals surface area contributed by atoms with Crippen LogP contribution in [0.2, 0.25) is 5.02 Å². The number of aromatic nitrogens is 3. The Morgan fingerprint density at radius 1 is 1.12 bits per heavy atom. The molecule has 12 heteroatoms. The maximum Gasteiger partial charge on any atom is 0.340 e. The van der Waals surface area contributed by atoms with E-state index in [0.717, 1.165) is 0 Å². The molecule has 10 nitrogen and oxygen atoms in total. The van der Waals surface area contributed by atoms with Crippen LogP contribution >= 0.6 is 11.6 Å². The van der Waals surface area contributed by atoms with E-state index < -0.39 is 15.8 Å². The SMILES string of the molecule is CNS(=O)(=O)Nc1nccc(Cc2c(C)c3ccc(Oc4ncccn4)cc3oc2=O)c1Cl. The maximum atomic E-state index is 12.8. The van der Waals surface area contributed by atoms with E-state index in [-0.39, 0.29) is 23.3 Å². The lowest BCUT2D eigenvalue weighted by Gasteiger charge is -2.12. The van der Waals surface area contributed by atoms with Gasteiger partial charge in [-0.25, -0.2) is 24.5 Å². The topological polar surface area (TPSA) is 136 Å². The molecule has 4 rings (SSSR count). The van der Waals surface area contributed by atoms with Crippen molar-refractivity contribution < 1.29 is 17.6 Å². The van der Waals surface area contributed by atoms with Crippen LogP contribution in [0.4, 0.5) is 5.82 Å². The van der Waals surface area contributed by atoms with E-state index >= 15 is 0 Å². The Kier molecular flexibility index (Phi) is 6.27. The summed E-state index contributed by atoms with van der Waals surface area (Å²) in [5.41, 5.74) is 1.40. The molecule has 0 spiro atoms. The van der Waals surface area contributed by atoms with Gasteiger partial charge in [-0.05, 0) is 42.3 Å². The highest BCUT2D eigenvalue weighted by molar-refractivity contribution is 7.90. The zero-order valence-electron chi connectivity index (χ0n) is 17.5. The van der Waals surface area contributed by atoms with Crippen molar-refractivity contribution in [3.05, 3.63) is 81.1 Å². The number of anilines is 1. The van der Waals surface area contributed by atoms with Gasteiger partial charge in [0.15, 0.2) is 5.82 Å². The van der Waals surface area contributed by atoms with Crippen LogP contribution in [0.5, 0.6) is 11.8 Å². The Morgan fingerprint density at radius 3 is 2.61 bits per heavy atom.